The lowest BCUT2D eigenvalue weighted by Gasteiger charge is -2.30. The van der Waals surface area contributed by atoms with Crippen LogP contribution in [0.4, 0.5) is 0 Å². The van der Waals surface area contributed by atoms with Crippen LogP contribution >= 0.6 is 15.2 Å². The van der Waals surface area contributed by atoms with Gasteiger partial charge in [-0.15, -0.1) is 0 Å². The Kier molecular flexibility index (Phi) is 3.86. The highest BCUT2D eigenvalue weighted by Crippen LogP contribution is 2.70. The molecule has 0 spiro atoms. The van der Waals surface area contributed by atoms with Gasteiger partial charge in [0.1, 0.15) is 0 Å². The Morgan fingerprint density at radius 1 is 1.15 bits per heavy atom. The summed E-state index contributed by atoms with van der Waals surface area (Å²) in [6.07, 6.45) is -0.429. The van der Waals surface area contributed by atoms with Gasteiger partial charge in [-0.25, -0.2) is 0 Å². The molecule has 0 saturated carbocycles. The van der Waals surface area contributed by atoms with Crippen molar-refractivity contribution in [2.24, 2.45) is 5.73 Å². The van der Waals surface area contributed by atoms with Crippen LogP contribution in [0.5, 0.6) is 0 Å². The fraction of sp³-hybridized carbons (Fsp3) is 1.00. The van der Waals surface area contributed by atoms with Gasteiger partial charge in [0.05, 0.1) is 0 Å². The van der Waals surface area contributed by atoms with E-state index in [0.29, 0.717) is 0 Å². The van der Waals surface area contributed by atoms with Gasteiger partial charge < -0.3 is 25.3 Å². The van der Waals surface area contributed by atoms with Crippen molar-refractivity contribution in [1.82, 2.24) is 0 Å². The van der Waals surface area contributed by atoms with Crippen LogP contribution in [-0.2, 0) is 9.13 Å². The maximum absolute atomic E-state index is 10.8. The monoisotopic (exact) mass is 233 g/mol. The molecule has 0 aromatic rings. The van der Waals surface area contributed by atoms with Crippen LogP contribution < -0.4 is 5.73 Å². The highest BCUT2D eigenvalue weighted by molar-refractivity contribution is 7.72. The third-order valence-electron chi connectivity index (χ3n) is 1.87. The molecule has 0 rings (SSSR count). The lowest BCUT2D eigenvalue weighted by atomic mass is 10.3. The van der Waals surface area contributed by atoms with Crippen LogP contribution in [0.15, 0.2) is 0 Å². The Morgan fingerprint density at radius 3 is 1.54 bits per heavy atom. The largest absolute Gasteiger partial charge is 0.343 e. The second kappa shape index (κ2) is 3.79. The molecule has 6 N–H and O–H groups in total. The van der Waals surface area contributed by atoms with Gasteiger partial charge >= 0.3 is 15.2 Å². The molecule has 0 radical (unpaired) electrons. The quantitative estimate of drug-likeness (QED) is 0.408. The minimum atomic E-state index is -4.87. The summed E-state index contributed by atoms with van der Waals surface area (Å²) in [5, 5.41) is 0. The van der Waals surface area contributed by atoms with E-state index >= 15 is 0 Å². The minimum absolute atomic E-state index is 0.202. The first kappa shape index (κ1) is 13.3. The van der Waals surface area contributed by atoms with Gasteiger partial charge in [0.25, 0.3) is 0 Å². The van der Waals surface area contributed by atoms with E-state index < -0.39 is 26.5 Å². The third-order valence-corrected chi connectivity index (χ3v) is 6.39. The lowest BCUT2D eigenvalue weighted by Crippen LogP contribution is -2.28. The Labute approximate surface area is 75.3 Å². The molecule has 9 heteroatoms. The molecule has 0 fully saturated rings. The summed E-state index contributed by atoms with van der Waals surface area (Å²) in [6, 6.07) is 0. The van der Waals surface area contributed by atoms with Crippen molar-refractivity contribution in [3.05, 3.63) is 0 Å². The molecule has 0 amide bonds. The van der Waals surface area contributed by atoms with Gasteiger partial charge in [-0.05, 0) is 19.9 Å². The molecule has 0 bridgehead atoms. The van der Waals surface area contributed by atoms with Crippen molar-refractivity contribution >= 4 is 15.2 Å². The molecule has 0 atom stereocenters. The smallest absolute Gasteiger partial charge is 0.330 e. The molecule has 0 aromatic carbocycles. The molecular weight excluding hydrogens is 220 g/mol. The maximum Gasteiger partial charge on any atom is 0.343 e. The van der Waals surface area contributed by atoms with Crippen LogP contribution in [-0.4, -0.2) is 31.0 Å². The van der Waals surface area contributed by atoms with Gasteiger partial charge in [-0.2, -0.15) is 0 Å². The number of hydrogen-bond donors (Lipinski definition) is 5. The normalized spacial score (nSPS) is 14.6. The summed E-state index contributed by atoms with van der Waals surface area (Å²) in [5.74, 6) is 0. The second-order valence-electron chi connectivity index (χ2n) is 2.84. The van der Waals surface area contributed by atoms with Crippen LogP contribution in [0.25, 0.3) is 0 Å². The van der Waals surface area contributed by atoms with E-state index in [1.54, 1.807) is 0 Å². The summed E-state index contributed by atoms with van der Waals surface area (Å²) in [7, 11) is -9.74. The third kappa shape index (κ3) is 2.60. The fourth-order valence-corrected chi connectivity index (χ4v) is 2.93. The van der Waals surface area contributed by atoms with Gasteiger partial charge in [0.15, 0.2) is 4.90 Å². The highest BCUT2D eigenvalue weighted by atomic mass is 31.2. The van der Waals surface area contributed by atoms with E-state index in [1.165, 1.54) is 0 Å². The molecule has 0 aromatic heterocycles. The zero-order chi connectivity index (χ0) is 10.9. The molecule has 0 aliphatic carbocycles. The zero-order valence-corrected chi connectivity index (χ0v) is 8.78. The average Bonchev–Trinajstić information content (AvgIpc) is 1.82. The Hall–Kier alpha value is 0.260. The van der Waals surface area contributed by atoms with Gasteiger partial charge in [-0.3, -0.25) is 9.13 Å². The van der Waals surface area contributed by atoms with Crippen molar-refractivity contribution < 1.29 is 28.7 Å². The predicted molar refractivity (Wildman–Crippen MR) is 46.2 cm³/mol. The fourth-order valence-electron chi connectivity index (χ4n) is 0.734. The predicted octanol–water partition coefficient (Wildman–Crippen LogP) is -0.593. The van der Waals surface area contributed by atoms with Crippen molar-refractivity contribution in [2.75, 3.05) is 6.54 Å². The zero-order valence-electron chi connectivity index (χ0n) is 6.99. The van der Waals surface area contributed by atoms with Crippen LogP contribution in [0.3, 0.4) is 0 Å². The molecule has 0 heterocycles. The first-order chi connectivity index (χ1) is 5.56. The summed E-state index contributed by atoms with van der Waals surface area (Å²) in [4.78, 5) is 32.7. The average molecular weight is 233 g/mol. The molecule has 0 aliphatic heterocycles. The lowest BCUT2D eigenvalue weighted by molar-refractivity contribution is 0.308. The molecule has 13 heavy (non-hydrogen) atoms. The molecule has 0 saturated heterocycles. The van der Waals surface area contributed by atoms with Crippen LogP contribution in [0.1, 0.15) is 13.3 Å². The number of nitrogens with two attached hydrogens (primary N) is 1. The topological polar surface area (TPSA) is 141 Å². The van der Waals surface area contributed by atoms with Gasteiger partial charge in [0, 0.05) is 0 Å². The number of hydrogen-bond acceptors (Lipinski definition) is 3. The standard InChI is InChI=1S/C4H13NO6P2/c1-4(2-3-5,12(6,7)8)13(9,10)11/h2-3,5H2,1H3,(H2,6,7,8)(H2,9,10,11). The van der Waals surface area contributed by atoms with E-state index in [0.717, 1.165) is 6.92 Å². The maximum atomic E-state index is 10.8. The SMILES string of the molecule is CC(CCN)(P(=O)(O)O)P(=O)(O)O. The first-order valence-electron chi connectivity index (χ1n) is 3.37. The second-order valence-corrected chi connectivity index (χ2v) is 7.35. The molecule has 7 nitrogen and oxygen atoms in total. The van der Waals surface area contributed by atoms with Crippen molar-refractivity contribution in [3.8, 4) is 0 Å². The van der Waals surface area contributed by atoms with Crippen LogP contribution in [0.2, 0.25) is 0 Å². The van der Waals surface area contributed by atoms with E-state index in [2.05, 4.69) is 0 Å². The molecular formula is C4H13NO6P2. The Balaban J connectivity index is 5.22. The summed E-state index contributed by atoms with van der Waals surface area (Å²) in [6.45, 7) is 0.633. The molecule has 0 unspecified atom stereocenters. The van der Waals surface area contributed by atoms with Crippen molar-refractivity contribution in [2.45, 2.75) is 18.2 Å². The minimum Gasteiger partial charge on any atom is -0.330 e. The van der Waals surface area contributed by atoms with Gasteiger partial charge in [0.2, 0.25) is 0 Å². The van der Waals surface area contributed by atoms with E-state index in [9.17, 15) is 9.13 Å². The number of rotatable bonds is 4. The Morgan fingerprint density at radius 2 is 1.46 bits per heavy atom. The first-order valence-corrected chi connectivity index (χ1v) is 6.60. The molecule has 0 aliphatic rings. The van der Waals surface area contributed by atoms with Crippen molar-refractivity contribution in [1.29, 1.82) is 0 Å². The summed E-state index contributed by atoms with van der Waals surface area (Å²) >= 11 is 0. The Bertz CT molecular complexity index is 244. The summed E-state index contributed by atoms with van der Waals surface area (Å²) < 4.78 is 21.7. The summed E-state index contributed by atoms with van der Waals surface area (Å²) in [5.41, 5.74) is 5.02. The molecule has 80 valence electrons. The van der Waals surface area contributed by atoms with E-state index in [1.807, 2.05) is 0 Å². The van der Waals surface area contributed by atoms with Crippen LogP contribution in [0, 0.1) is 0 Å². The highest BCUT2D eigenvalue weighted by Gasteiger charge is 2.55. The van der Waals surface area contributed by atoms with Crippen molar-refractivity contribution in [3.63, 3.8) is 0 Å². The van der Waals surface area contributed by atoms with E-state index in [4.69, 9.17) is 25.3 Å². The van der Waals surface area contributed by atoms with Gasteiger partial charge in [-0.1, -0.05) is 0 Å². The van der Waals surface area contributed by atoms with E-state index in [-0.39, 0.29) is 6.54 Å².